The van der Waals surface area contributed by atoms with Crippen LogP contribution in [0.4, 0.5) is 5.13 Å². The minimum absolute atomic E-state index is 0.618. The predicted molar refractivity (Wildman–Crippen MR) is 75.1 cm³/mol. The number of rotatable bonds is 5. The zero-order chi connectivity index (χ0) is 12.3. The molecule has 2 heterocycles. The number of thiophene rings is 1. The molecule has 1 N–H and O–H groups in total. The predicted octanol–water partition coefficient (Wildman–Crippen LogP) is 4.06. The second-order valence-electron chi connectivity index (χ2n) is 4.18. The van der Waals surface area contributed by atoms with Gasteiger partial charge in [-0.25, -0.2) is 0 Å². The van der Waals surface area contributed by atoms with Crippen LogP contribution in [0, 0.1) is 5.92 Å². The fraction of sp³-hybridized carbons (Fsp3) is 0.455. The molecule has 0 aliphatic heterocycles. The van der Waals surface area contributed by atoms with Gasteiger partial charge in [-0.1, -0.05) is 36.8 Å². The molecule has 0 bridgehead atoms. The van der Waals surface area contributed by atoms with E-state index in [4.69, 9.17) is 11.6 Å². The van der Waals surface area contributed by atoms with Crippen LogP contribution in [0.5, 0.6) is 0 Å². The van der Waals surface area contributed by atoms with Crippen molar-refractivity contribution < 1.29 is 0 Å². The molecule has 17 heavy (non-hydrogen) atoms. The van der Waals surface area contributed by atoms with Crippen molar-refractivity contribution in [3.63, 3.8) is 0 Å². The monoisotopic (exact) mass is 287 g/mol. The first-order valence-corrected chi connectivity index (χ1v) is 7.50. The summed E-state index contributed by atoms with van der Waals surface area (Å²) in [6.07, 6.45) is 0.990. The van der Waals surface area contributed by atoms with Crippen molar-refractivity contribution in [3.8, 4) is 0 Å². The van der Waals surface area contributed by atoms with Crippen molar-refractivity contribution in [2.24, 2.45) is 5.92 Å². The number of halogens is 1. The standard InChI is InChI=1S/C11H14ClN3S2/c1-7(2)3-10-14-15-11(17-10)13-5-9-4-8(12)6-16-9/h4,6-7H,3,5H2,1-2H3,(H,13,15). The summed E-state index contributed by atoms with van der Waals surface area (Å²) in [5.41, 5.74) is 0. The SMILES string of the molecule is CC(C)Cc1nnc(NCc2cc(Cl)cs2)s1. The van der Waals surface area contributed by atoms with Crippen LogP contribution in [0.2, 0.25) is 5.02 Å². The third-order valence-electron chi connectivity index (χ3n) is 2.09. The van der Waals surface area contributed by atoms with Gasteiger partial charge in [0, 0.05) is 16.7 Å². The summed E-state index contributed by atoms with van der Waals surface area (Å²) in [6, 6.07) is 1.97. The molecule has 0 fully saturated rings. The molecule has 0 aliphatic carbocycles. The Morgan fingerprint density at radius 1 is 1.41 bits per heavy atom. The minimum atomic E-state index is 0.618. The zero-order valence-corrected chi connectivity index (χ0v) is 12.1. The molecule has 2 aromatic rings. The maximum Gasteiger partial charge on any atom is 0.205 e. The highest BCUT2D eigenvalue weighted by molar-refractivity contribution is 7.15. The molecule has 0 aromatic carbocycles. The molecule has 3 nitrogen and oxygen atoms in total. The maximum absolute atomic E-state index is 5.86. The average Bonchev–Trinajstić information content (AvgIpc) is 2.84. The zero-order valence-electron chi connectivity index (χ0n) is 9.74. The van der Waals surface area contributed by atoms with Gasteiger partial charge in [-0.3, -0.25) is 0 Å². The number of anilines is 1. The Bertz CT molecular complexity index is 479. The van der Waals surface area contributed by atoms with Crippen molar-refractivity contribution in [1.82, 2.24) is 10.2 Å². The highest BCUT2D eigenvalue weighted by Gasteiger charge is 2.06. The van der Waals surface area contributed by atoms with E-state index in [2.05, 4.69) is 29.4 Å². The second-order valence-corrected chi connectivity index (χ2v) is 6.68. The van der Waals surface area contributed by atoms with Crippen LogP contribution in [0.15, 0.2) is 11.4 Å². The van der Waals surface area contributed by atoms with E-state index in [1.165, 1.54) is 4.88 Å². The Hall–Kier alpha value is -0.650. The Labute approximate surface area is 114 Å². The molecule has 0 saturated carbocycles. The number of nitrogens with zero attached hydrogens (tertiary/aromatic N) is 2. The lowest BCUT2D eigenvalue weighted by Gasteiger charge is -1.98. The molecule has 0 amide bonds. The lowest BCUT2D eigenvalue weighted by Crippen LogP contribution is -1.96. The van der Waals surface area contributed by atoms with Crippen LogP contribution >= 0.6 is 34.3 Å². The summed E-state index contributed by atoms with van der Waals surface area (Å²) in [5.74, 6) is 0.618. The Balaban J connectivity index is 1.89. The van der Waals surface area contributed by atoms with Gasteiger partial charge in [0.1, 0.15) is 5.01 Å². The van der Waals surface area contributed by atoms with Crippen molar-refractivity contribution in [2.45, 2.75) is 26.8 Å². The maximum atomic E-state index is 5.86. The molecule has 0 unspecified atom stereocenters. The van der Waals surface area contributed by atoms with Crippen LogP contribution in [0.1, 0.15) is 23.7 Å². The topological polar surface area (TPSA) is 37.8 Å². The summed E-state index contributed by atoms with van der Waals surface area (Å²) in [6.45, 7) is 5.12. The fourth-order valence-corrected chi connectivity index (χ4v) is 3.33. The van der Waals surface area contributed by atoms with Gasteiger partial charge < -0.3 is 5.32 Å². The van der Waals surface area contributed by atoms with Crippen molar-refractivity contribution in [3.05, 3.63) is 26.4 Å². The number of aromatic nitrogens is 2. The molecular weight excluding hydrogens is 274 g/mol. The third-order valence-corrected chi connectivity index (χ3v) is 4.27. The van der Waals surface area contributed by atoms with Crippen molar-refractivity contribution in [2.75, 3.05) is 5.32 Å². The molecule has 92 valence electrons. The van der Waals surface area contributed by atoms with E-state index in [0.717, 1.165) is 28.1 Å². The van der Waals surface area contributed by atoms with Gasteiger partial charge in [0.2, 0.25) is 5.13 Å². The van der Waals surface area contributed by atoms with Gasteiger partial charge in [0.05, 0.1) is 11.6 Å². The van der Waals surface area contributed by atoms with Crippen LogP contribution < -0.4 is 5.32 Å². The van der Waals surface area contributed by atoms with E-state index in [0.29, 0.717) is 5.92 Å². The average molecular weight is 288 g/mol. The summed E-state index contributed by atoms with van der Waals surface area (Å²) in [5, 5.41) is 16.2. The molecule has 0 saturated heterocycles. The largest absolute Gasteiger partial charge is 0.355 e. The molecule has 0 aliphatic rings. The van der Waals surface area contributed by atoms with Gasteiger partial charge in [0.25, 0.3) is 0 Å². The Morgan fingerprint density at radius 2 is 2.24 bits per heavy atom. The minimum Gasteiger partial charge on any atom is -0.355 e. The molecule has 2 aromatic heterocycles. The summed E-state index contributed by atoms with van der Waals surface area (Å²) in [7, 11) is 0. The van der Waals surface area contributed by atoms with E-state index in [1.807, 2.05) is 11.4 Å². The quantitative estimate of drug-likeness (QED) is 0.901. The third kappa shape index (κ3) is 3.94. The van der Waals surface area contributed by atoms with E-state index < -0.39 is 0 Å². The number of hydrogen-bond donors (Lipinski definition) is 1. The molecule has 6 heteroatoms. The highest BCUT2D eigenvalue weighted by Crippen LogP contribution is 2.22. The van der Waals surface area contributed by atoms with E-state index in [1.54, 1.807) is 22.7 Å². The van der Waals surface area contributed by atoms with Crippen molar-refractivity contribution >= 4 is 39.4 Å². The fourth-order valence-electron chi connectivity index (χ4n) is 1.37. The Morgan fingerprint density at radius 3 is 2.88 bits per heavy atom. The lowest BCUT2D eigenvalue weighted by molar-refractivity contribution is 0.640. The molecule has 0 radical (unpaired) electrons. The first-order valence-electron chi connectivity index (χ1n) is 5.42. The van der Waals surface area contributed by atoms with E-state index in [-0.39, 0.29) is 0 Å². The summed E-state index contributed by atoms with van der Waals surface area (Å²) < 4.78 is 0. The first-order chi connectivity index (χ1) is 8.13. The van der Waals surface area contributed by atoms with Gasteiger partial charge in [-0.2, -0.15) is 0 Å². The molecule has 0 spiro atoms. The van der Waals surface area contributed by atoms with E-state index in [9.17, 15) is 0 Å². The van der Waals surface area contributed by atoms with Gasteiger partial charge >= 0.3 is 0 Å². The number of nitrogens with one attached hydrogen (secondary N) is 1. The first kappa shape index (κ1) is 12.8. The van der Waals surface area contributed by atoms with Crippen LogP contribution in [0.3, 0.4) is 0 Å². The van der Waals surface area contributed by atoms with Gasteiger partial charge in [0.15, 0.2) is 0 Å². The molecule has 0 atom stereocenters. The number of hydrogen-bond acceptors (Lipinski definition) is 5. The highest BCUT2D eigenvalue weighted by atomic mass is 35.5. The van der Waals surface area contributed by atoms with Crippen LogP contribution in [0.25, 0.3) is 0 Å². The van der Waals surface area contributed by atoms with Crippen LogP contribution in [-0.4, -0.2) is 10.2 Å². The van der Waals surface area contributed by atoms with Crippen molar-refractivity contribution in [1.29, 1.82) is 0 Å². The lowest BCUT2D eigenvalue weighted by atomic mass is 10.1. The van der Waals surface area contributed by atoms with Gasteiger partial charge in [-0.05, 0) is 12.0 Å². The molecular formula is C11H14ClN3S2. The normalized spacial score (nSPS) is 11.1. The smallest absolute Gasteiger partial charge is 0.205 e. The second kappa shape index (κ2) is 5.80. The molecule has 2 rings (SSSR count). The van der Waals surface area contributed by atoms with Gasteiger partial charge in [-0.15, -0.1) is 21.5 Å². The van der Waals surface area contributed by atoms with Crippen LogP contribution in [-0.2, 0) is 13.0 Å². The summed E-state index contributed by atoms with van der Waals surface area (Å²) in [4.78, 5) is 1.20. The van der Waals surface area contributed by atoms with E-state index >= 15 is 0 Å². The summed E-state index contributed by atoms with van der Waals surface area (Å²) >= 11 is 9.13. The Kier molecular flexibility index (Phi) is 4.36.